The molecule has 3 N–H and O–H groups in total. The number of amides is 1. The molecule has 17 nitrogen and oxygen atoms in total. The van der Waals surface area contributed by atoms with Crippen LogP contribution in [0, 0.1) is 45.6 Å². The maximum Gasteiger partial charge on any atom is 0.329 e. The van der Waals surface area contributed by atoms with E-state index in [1.165, 1.54) is 19.2 Å². The van der Waals surface area contributed by atoms with Gasteiger partial charge in [-0.1, -0.05) is 83.2 Å². The van der Waals surface area contributed by atoms with Gasteiger partial charge in [0, 0.05) is 63.5 Å². The van der Waals surface area contributed by atoms with Gasteiger partial charge in [-0.2, -0.15) is 0 Å². The first kappa shape index (κ1) is 60.1. The molecule has 17 heteroatoms. The Morgan fingerprint density at radius 2 is 1.65 bits per heavy atom. The molecule has 1 aromatic carbocycles. The maximum atomic E-state index is 14.5. The zero-order valence-electron chi connectivity index (χ0n) is 44.9. The molecule has 1 saturated carbocycles. The summed E-state index contributed by atoms with van der Waals surface area (Å²) in [7, 11) is 2.91. The Bertz CT molecular complexity index is 2240. The number of esters is 1. The molecule has 3 fully saturated rings. The van der Waals surface area contributed by atoms with E-state index in [2.05, 4.69) is 0 Å². The molecule has 0 spiro atoms. The van der Waals surface area contributed by atoms with Crippen LogP contribution in [0.3, 0.4) is 0 Å². The monoisotopic (exact) mass is 1030 g/mol. The van der Waals surface area contributed by atoms with Crippen molar-refractivity contribution >= 4 is 34.9 Å². The third kappa shape index (κ3) is 15.9. The van der Waals surface area contributed by atoms with Crippen LogP contribution in [-0.4, -0.2) is 130 Å². The topological polar surface area (TPSA) is 239 Å². The van der Waals surface area contributed by atoms with Crippen LogP contribution in [0.25, 0.3) is 0 Å². The molecule has 0 aromatic heterocycles. The number of cyclic esters (lactones) is 1. The van der Waals surface area contributed by atoms with E-state index in [9.17, 15) is 49.4 Å². The minimum Gasteiger partial charge on any atom is -0.460 e. The molecule has 1 amide bonds. The third-order valence-corrected chi connectivity index (χ3v) is 15.8. The Morgan fingerprint density at radius 3 is 2.35 bits per heavy atom. The predicted molar refractivity (Wildman–Crippen MR) is 276 cm³/mol. The van der Waals surface area contributed by atoms with E-state index in [1.54, 1.807) is 53.0 Å². The smallest absolute Gasteiger partial charge is 0.329 e. The molecule has 5 rings (SSSR count). The van der Waals surface area contributed by atoms with Crippen molar-refractivity contribution in [1.82, 2.24) is 4.90 Å². The summed E-state index contributed by atoms with van der Waals surface area (Å²) in [5.74, 6) is -8.63. The second-order valence-electron chi connectivity index (χ2n) is 21.6. The summed E-state index contributed by atoms with van der Waals surface area (Å²) in [5.41, 5.74) is 1.57. The lowest BCUT2D eigenvalue weighted by Gasteiger charge is -2.43. The number of fused-ring (bicyclic) bond motifs is 3. The quantitative estimate of drug-likeness (QED) is 0.0708. The minimum atomic E-state index is -2.55. The molecule has 1 aromatic rings. The number of ether oxygens (including phenoxy) is 5. The number of nitro benzene ring substituents is 1. The molecule has 3 aliphatic heterocycles. The zero-order chi connectivity index (χ0) is 54.4. The van der Waals surface area contributed by atoms with Gasteiger partial charge in [0.15, 0.2) is 5.78 Å². The van der Waals surface area contributed by atoms with Crippen molar-refractivity contribution in [2.24, 2.45) is 35.5 Å². The number of carbonyl (C=O) groups excluding carboxylic acids is 5. The third-order valence-electron chi connectivity index (χ3n) is 15.8. The zero-order valence-corrected chi connectivity index (χ0v) is 44.9. The molecule has 2 saturated heterocycles. The average Bonchev–Trinajstić information content (AvgIpc) is 3.37. The number of aliphatic hydroxyl groups is 3. The van der Waals surface area contributed by atoms with Crippen LogP contribution in [0.4, 0.5) is 5.69 Å². The number of nitro groups is 1. The van der Waals surface area contributed by atoms with Gasteiger partial charge in [-0.15, -0.1) is 0 Å². The maximum absolute atomic E-state index is 14.5. The summed E-state index contributed by atoms with van der Waals surface area (Å²) in [6, 6.07) is 4.90. The summed E-state index contributed by atoms with van der Waals surface area (Å²) < 4.78 is 30.1. The molecule has 3 heterocycles. The summed E-state index contributed by atoms with van der Waals surface area (Å²) in [6.07, 6.45) is 9.61. The van der Waals surface area contributed by atoms with Crippen molar-refractivity contribution in [3.8, 4) is 0 Å². The number of Topliss-reactive ketones (excluding diaryl/α,β-unsaturated/α-hetero) is 3. The van der Waals surface area contributed by atoms with Gasteiger partial charge in [0.25, 0.3) is 17.4 Å². The fraction of sp³-hybridized carbons (Fsp3) is 0.667. The van der Waals surface area contributed by atoms with E-state index in [0.717, 1.165) is 10.5 Å². The van der Waals surface area contributed by atoms with E-state index in [4.69, 9.17) is 23.7 Å². The van der Waals surface area contributed by atoms with Crippen molar-refractivity contribution in [1.29, 1.82) is 0 Å². The number of methoxy groups -OCH3 is 2. The summed E-state index contributed by atoms with van der Waals surface area (Å²) in [4.78, 5) is 83.7. The summed E-state index contributed by atoms with van der Waals surface area (Å²) in [6.45, 7) is 12.5. The fourth-order valence-corrected chi connectivity index (χ4v) is 11.0. The van der Waals surface area contributed by atoms with Crippen LogP contribution in [-0.2, 0) is 54.3 Å². The van der Waals surface area contributed by atoms with Crippen molar-refractivity contribution in [2.75, 3.05) is 20.8 Å². The first-order chi connectivity index (χ1) is 35.1. The second kappa shape index (κ2) is 27.9. The van der Waals surface area contributed by atoms with Gasteiger partial charge in [-0.25, -0.2) is 4.79 Å². The molecule has 74 heavy (non-hydrogen) atoms. The highest BCUT2D eigenvalue weighted by atomic mass is 16.6. The highest BCUT2D eigenvalue weighted by Crippen LogP contribution is 2.38. The highest BCUT2D eigenvalue weighted by Gasteiger charge is 2.53. The first-order valence-corrected chi connectivity index (χ1v) is 26.6. The van der Waals surface area contributed by atoms with Gasteiger partial charge in [-0.05, 0) is 113 Å². The number of piperidine rings is 1. The number of hydrogen-bond donors (Lipinski definition) is 3. The average molecular weight is 1040 g/mol. The Morgan fingerprint density at radius 1 is 0.905 bits per heavy atom. The normalized spacial score (nSPS) is 36.8. The van der Waals surface area contributed by atoms with E-state index in [0.29, 0.717) is 68.9 Å². The van der Waals surface area contributed by atoms with Crippen LogP contribution in [0.1, 0.15) is 131 Å². The van der Waals surface area contributed by atoms with Crippen molar-refractivity contribution in [3.63, 3.8) is 0 Å². The molecule has 1 unspecified atom stereocenters. The first-order valence-electron chi connectivity index (χ1n) is 26.6. The number of rotatable bonds is 9. The lowest BCUT2D eigenvalue weighted by molar-refractivity contribution is -0.385. The van der Waals surface area contributed by atoms with Gasteiger partial charge >= 0.3 is 5.97 Å². The molecular formula is C57H82N2O15. The number of non-ortho nitro benzene ring substituents is 1. The van der Waals surface area contributed by atoms with Crippen molar-refractivity contribution in [2.45, 2.75) is 187 Å². The van der Waals surface area contributed by atoms with Crippen LogP contribution < -0.4 is 0 Å². The molecular weight excluding hydrogens is 953 g/mol. The van der Waals surface area contributed by atoms with Gasteiger partial charge in [0.05, 0.1) is 35.9 Å². The number of benzene rings is 1. The highest BCUT2D eigenvalue weighted by molar-refractivity contribution is 6.39. The summed E-state index contributed by atoms with van der Waals surface area (Å²) in [5, 5.41) is 45.8. The fourth-order valence-electron chi connectivity index (χ4n) is 11.0. The SMILES string of the molecule is CO[C@@H]1C[C@H](C[C@@H](C)[C@@H]2CC(=O)[C@H](C)/C=C(\C)[C@@H](O)[C@@H](OC)C(=O)[C@H](C)C[C@H](C)/C=C/C=C/C=C(\C)C(OCc3cccc([N+](=O)[O-])c3)C[C@@H]3CC[C@@H](C)[C@@](O)(O3)C(=O)C(=O)N3CCCC[C@H]3C(=O)O2)CC[C@H]1O. The number of ketones is 3. The predicted octanol–water partition coefficient (Wildman–Crippen LogP) is 7.66. The Labute approximate surface area is 436 Å². The van der Waals surface area contributed by atoms with Gasteiger partial charge in [0.2, 0.25) is 5.79 Å². The van der Waals surface area contributed by atoms with Gasteiger partial charge in [-0.3, -0.25) is 29.3 Å². The van der Waals surface area contributed by atoms with E-state index < -0.39 is 88.8 Å². The molecule has 4 aliphatic rings. The minimum absolute atomic E-state index is 0.00451. The Kier molecular flexibility index (Phi) is 22.6. The van der Waals surface area contributed by atoms with Crippen LogP contribution in [0.15, 0.2) is 71.9 Å². The number of aliphatic hydroxyl groups excluding tert-OH is 2. The number of carbonyl (C=O) groups is 5. The van der Waals surface area contributed by atoms with Crippen LogP contribution >= 0.6 is 0 Å². The van der Waals surface area contributed by atoms with Crippen molar-refractivity contribution in [3.05, 3.63) is 87.5 Å². The lowest BCUT2D eigenvalue weighted by Crippen LogP contribution is -2.61. The van der Waals surface area contributed by atoms with E-state index in [1.807, 2.05) is 51.2 Å². The van der Waals surface area contributed by atoms with Crippen LogP contribution in [0.2, 0.25) is 0 Å². The Balaban J connectivity index is 1.50. The lowest BCUT2D eigenvalue weighted by atomic mass is 9.78. The number of hydrogen-bond acceptors (Lipinski definition) is 15. The van der Waals surface area contributed by atoms with Gasteiger partial charge < -0.3 is 43.9 Å². The van der Waals surface area contributed by atoms with Gasteiger partial charge in [0.1, 0.15) is 30.1 Å². The largest absolute Gasteiger partial charge is 0.460 e. The van der Waals surface area contributed by atoms with E-state index in [-0.39, 0.29) is 73.5 Å². The molecule has 1 aliphatic carbocycles. The summed E-state index contributed by atoms with van der Waals surface area (Å²) >= 11 is 0. The van der Waals surface area contributed by atoms with Crippen LogP contribution in [0.5, 0.6) is 0 Å². The Hall–Kier alpha value is -4.75. The number of nitrogens with zero attached hydrogens (tertiary/aromatic N) is 2. The molecule has 0 radical (unpaired) electrons. The van der Waals surface area contributed by atoms with Crippen molar-refractivity contribution < 1.29 is 67.9 Å². The molecule has 2 bridgehead atoms. The standard InChI is InChI=1S/C57H82N2O15/c1-34-16-11-10-12-17-35(2)48(72-33-42-18-15-19-43(29-42)59(68)69)31-44-23-21-40(7)57(67,74-44)54(64)55(65)58-25-14-13-20-45(58)56(66)73-49(37(4)28-41-22-24-46(60)50(30-41)70-8)32-47(61)36(3)27-39(6)52(63)53(71-9)51(62)38(5)26-34/h10-12,15-19,27,29,34,36-38,40-41,44-46,48-50,52-53,60,63,67H,13-14,20-26,28,30-33H2,1-9H3/b12-10+,16-11+,35-17+,39-27+/t34-,36-,37-,38-,40-,41+,44+,45+,46-,48?,49+,50-,52-,53+,57-/m1/s1. The van der Waals surface area contributed by atoms with E-state index >= 15 is 0 Å². The molecule has 410 valence electrons. The number of allylic oxidation sites excluding steroid dienone is 6. The second-order valence-corrected chi connectivity index (χ2v) is 21.6. The molecule has 15 atom stereocenters.